The zero-order chi connectivity index (χ0) is 8.27. The Morgan fingerprint density at radius 1 is 1.73 bits per heavy atom. The van der Waals surface area contributed by atoms with Gasteiger partial charge in [-0.05, 0) is 13.0 Å². The lowest BCUT2D eigenvalue weighted by Crippen LogP contribution is -1.93. The first-order chi connectivity index (χ1) is 5.20. The van der Waals surface area contributed by atoms with E-state index in [0.29, 0.717) is 0 Å². The quantitative estimate of drug-likeness (QED) is 0.681. The van der Waals surface area contributed by atoms with Gasteiger partial charge in [0.15, 0.2) is 0 Å². The van der Waals surface area contributed by atoms with Gasteiger partial charge in [-0.15, -0.1) is 0 Å². The third-order valence-electron chi connectivity index (χ3n) is 1.40. The fourth-order valence-corrected chi connectivity index (χ4v) is 0.766. The average molecular weight is 152 g/mol. The lowest BCUT2D eigenvalue weighted by Gasteiger charge is -1.95. The Bertz CT molecular complexity index is 250. The molecule has 3 heteroatoms. The molecule has 0 aliphatic heterocycles. The van der Waals surface area contributed by atoms with Crippen molar-refractivity contribution >= 4 is 6.08 Å². The van der Waals surface area contributed by atoms with E-state index in [1.807, 2.05) is 17.7 Å². The molecule has 0 bridgehead atoms. The van der Waals surface area contributed by atoms with Crippen molar-refractivity contribution in [2.75, 3.05) is 0 Å². The van der Waals surface area contributed by atoms with Crippen molar-refractivity contribution in [1.29, 1.82) is 0 Å². The van der Waals surface area contributed by atoms with Gasteiger partial charge in [0, 0.05) is 7.05 Å². The molecule has 0 fully saturated rings. The summed E-state index contributed by atoms with van der Waals surface area (Å²) >= 11 is 0. The van der Waals surface area contributed by atoms with Crippen molar-refractivity contribution in [2.24, 2.45) is 7.05 Å². The normalized spacial score (nSPS) is 14.1. The minimum atomic E-state index is -0.398. The third kappa shape index (κ3) is 2.20. The van der Waals surface area contributed by atoms with Crippen LogP contribution in [0.5, 0.6) is 0 Å². The van der Waals surface area contributed by atoms with Crippen LogP contribution in [0.3, 0.4) is 0 Å². The number of aliphatic hydroxyl groups is 1. The first-order valence-corrected chi connectivity index (χ1v) is 3.52. The van der Waals surface area contributed by atoms with Crippen LogP contribution in [0.2, 0.25) is 0 Å². The van der Waals surface area contributed by atoms with Crippen LogP contribution in [-0.4, -0.2) is 20.8 Å². The van der Waals surface area contributed by atoms with Crippen LogP contribution in [0, 0.1) is 0 Å². The van der Waals surface area contributed by atoms with Crippen LogP contribution in [0.1, 0.15) is 12.6 Å². The van der Waals surface area contributed by atoms with Crippen LogP contribution >= 0.6 is 0 Å². The van der Waals surface area contributed by atoms with E-state index in [4.69, 9.17) is 5.11 Å². The maximum absolute atomic E-state index is 8.93. The van der Waals surface area contributed by atoms with Gasteiger partial charge in [0.05, 0.1) is 24.3 Å². The van der Waals surface area contributed by atoms with E-state index >= 15 is 0 Å². The van der Waals surface area contributed by atoms with Crippen LogP contribution in [0.25, 0.3) is 6.08 Å². The Morgan fingerprint density at radius 3 is 2.91 bits per heavy atom. The van der Waals surface area contributed by atoms with Gasteiger partial charge in [0.1, 0.15) is 0 Å². The lowest BCUT2D eigenvalue weighted by atomic mass is 10.3. The summed E-state index contributed by atoms with van der Waals surface area (Å²) in [6.07, 6.45) is 6.64. The molecule has 1 aromatic rings. The number of nitrogens with zero attached hydrogens (tertiary/aromatic N) is 2. The van der Waals surface area contributed by atoms with Crippen molar-refractivity contribution in [3.63, 3.8) is 0 Å². The number of aliphatic hydroxyl groups excluding tert-OH is 1. The van der Waals surface area contributed by atoms with Gasteiger partial charge in [-0.3, -0.25) is 0 Å². The largest absolute Gasteiger partial charge is 0.389 e. The van der Waals surface area contributed by atoms with Crippen LogP contribution in [0.4, 0.5) is 0 Å². The SMILES string of the molecule is CC(O)/C=C/c1cncn1C. The van der Waals surface area contributed by atoms with Gasteiger partial charge >= 0.3 is 0 Å². The zero-order valence-electron chi connectivity index (χ0n) is 6.73. The maximum Gasteiger partial charge on any atom is 0.0948 e. The zero-order valence-corrected chi connectivity index (χ0v) is 6.73. The highest BCUT2D eigenvalue weighted by atomic mass is 16.3. The van der Waals surface area contributed by atoms with E-state index in [2.05, 4.69) is 4.98 Å². The molecule has 0 spiro atoms. The Morgan fingerprint density at radius 2 is 2.45 bits per heavy atom. The highest BCUT2D eigenvalue weighted by Crippen LogP contribution is 1.99. The molecule has 3 nitrogen and oxygen atoms in total. The maximum atomic E-state index is 8.93. The second-order valence-corrected chi connectivity index (χ2v) is 2.53. The Balaban J connectivity index is 2.71. The van der Waals surface area contributed by atoms with E-state index in [1.54, 1.807) is 25.5 Å². The molecule has 1 atom stereocenters. The Labute approximate surface area is 66.0 Å². The summed E-state index contributed by atoms with van der Waals surface area (Å²) in [6.45, 7) is 1.72. The minimum Gasteiger partial charge on any atom is -0.389 e. The van der Waals surface area contributed by atoms with Gasteiger partial charge in [-0.2, -0.15) is 0 Å². The predicted octanol–water partition coefficient (Wildman–Crippen LogP) is 0.814. The summed E-state index contributed by atoms with van der Waals surface area (Å²) in [5, 5.41) is 8.93. The van der Waals surface area contributed by atoms with Crippen LogP contribution in [0.15, 0.2) is 18.6 Å². The van der Waals surface area contributed by atoms with Crippen LogP contribution in [-0.2, 0) is 7.05 Å². The molecule has 1 heterocycles. The molecule has 1 N–H and O–H groups in total. The molecule has 1 unspecified atom stereocenters. The van der Waals surface area contributed by atoms with Gasteiger partial charge < -0.3 is 9.67 Å². The molecule has 0 saturated heterocycles. The minimum absolute atomic E-state index is 0.398. The summed E-state index contributed by atoms with van der Waals surface area (Å²) < 4.78 is 1.89. The summed E-state index contributed by atoms with van der Waals surface area (Å²) in [4.78, 5) is 3.93. The number of hydrogen-bond donors (Lipinski definition) is 1. The average Bonchev–Trinajstić information content (AvgIpc) is 2.31. The topological polar surface area (TPSA) is 38.1 Å². The van der Waals surface area contributed by atoms with Crippen LogP contribution < -0.4 is 0 Å². The van der Waals surface area contributed by atoms with E-state index in [1.165, 1.54) is 0 Å². The molecule has 60 valence electrons. The molecule has 0 aromatic carbocycles. The third-order valence-corrected chi connectivity index (χ3v) is 1.40. The fourth-order valence-electron chi connectivity index (χ4n) is 0.766. The smallest absolute Gasteiger partial charge is 0.0948 e. The Hall–Kier alpha value is -1.09. The molecule has 0 radical (unpaired) electrons. The van der Waals surface area contributed by atoms with E-state index in [-0.39, 0.29) is 0 Å². The summed E-state index contributed by atoms with van der Waals surface area (Å²) in [5.41, 5.74) is 0.992. The second-order valence-electron chi connectivity index (χ2n) is 2.53. The molecule has 1 aromatic heterocycles. The molecule has 1 rings (SSSR count). The first kappa shape index (κ1) is 8.01. The highest BCUT2D eigenvalue weighted by Gasteiger charge is 1.92. The van der Waals surface area contributed by atoms with E-state index in [0.717, 1.165) is 5.69 Å². The van der Waals surface area contributed by atoms with E-state index in [9.17, 15) is 0 Å². The van der Waals surface area contributed by atoms with Crippen molar-refractivity contribution in [3.8, 4) is 0 Å². The molecular weight excluding hydrogens is 140 g/mol. The van der Waals surface area contributed by atoms with Gasteiger partial charge in [-0.25, -0.2) is 4.98 Å². The van der Waals surface area contributed by atoms with Crippen molar-refractivity contribution in [3.05, 3.63) is 24.3 Å². The fraction of sp³-hybridized carbons (Fsp3) is 0.375. The number of rotatable bonds is 2. The standard InChI is InChI=1S/C8H12N2O/c1-7(11)3-4-8-5-9-6-10(8)2/h3-7,11H,1-2H3/b4-3+. The summed E-state index contributed by atoms with van der Waals surface area (Å²) in [6, 6.07) is 0. The van der Waals surface area contributed by atoms with Crippen molar-refractivity contribution < 1.29 is 5.11 Å². The molecule has 0 aliphatic carbocycles. The van der Waals surface area contributed by atoms with Gasteiger partial charge in [0.25, 0.3) is 0 Å². The van der Waals surface area contributed by atoms with Gasteiger partial charge in [-0.1, -0.05) is 6.08 Å². The molecule has 11 heavy (non-hydrogen) atoms. The number of aromatic nitrogens is 2. The van der Waals surface area contributed by atoms with E-state index < -0.39 is 6.10 Å². The molecule has 0 saturated carbocycles. The monoisotopic (exact) mass is 152 g/mol. The summed E-state index contributed by atoms with van der Waals surface area (Å²) in [5.74, 6) is 0. The predicted molar refractivity (Wildman–Crippen MR) is 43.9 cm³/mol. The highest BCUT2D eigenvalue weighted by molar-refractivity contribution is 5.44. The number of hydrogen-bond acceptors (Lipinski definition) is 2. The second kappa shape index (κ2) is 3.34. The molecule has 0 amide bonds. The molecular formula is C8H12N2O. The molecule has 0 aliphatic rings. The van der Waals surface area contributed by atoms with Gasteiger partial charge in [0.2, 0.25) is 0 Å². The lowest BCUT2D eigenvalue weighted by molar-refractivity contribution is 0.245. The Kier molecular flexibility index (Phi) is 2.44. The number of imidazole rings is 1. The first-order valence-electron chi connectivity index (χ1n) is 3.52. The summed E-state index contributed by atoms with van der Waals surface area (Å²) in [7, 11) is 1.91. The van der Waals surface area contributed by atoms with Crippen molar-refractivity contribution in [1.82, 2.24) is 9.55 Å². The number of aryl methyl sites for hydroxylation is 1. The van der Waals surface area contributed by atoms with Crippen molar-refractivity contribution in [2.45, 2.75) is 13.0 Å².